The predicted octanol–water partition coefficient (Wildman–Crippen LogP) is 2.49. The van der Waals surface area contributed by atoms with Crippen LogP contribution in [0.4, 0.5) is 4.39 Å². The monoisotopic (exact) mass is 294 g/mol. The van der Waals surface area contributed by atoms with Crippen molar-refractivity contribution in [1.29, 1.82) is 0 Å². The van der Waals surface area contributed by atoms with Gasteiger partial charge in [-0.15, -0.1) is 0 Å². The Morgan fingerprint density at radius 2 is 2.35 bits per heavy atom. The van der Waals surface area contributed by atoms with Crippen LogP contribution in [0.5, 0.6) is 0 Å². The van der Waals surface area contributed by atoms with Gasteiger partial charge in [-0.25, -0.2) is 9.37 Å². The summed E-state index contributed by atoms with van der Waals surface area (Å²) in [4.78, 5) is 15.6. The number of hydrogen-bond acceptors (Lipinski definition) is 3. The molecule has 0 saturated carbocycles. The van der Waals surface area contributed by atoms with E-state index in [1.54, 1.807) is 13.0 Å². The molecule has 0 saturated heterocycles. The van der Waals surface area contributed by atoms with Crippen molar-refractivity contribution in [2.45, 2.75) is 13.0 Å². The van der Waals surface area contributed by atoms with Gasteiger partial charge in [0.2, 0.25) is 5.91 Å². The molecule has 0 aliphatic rings. The van der Waals surface area contributed by atoms with Crippen LogP contribution in [0.25, 0.3) is 6.08 Å². The van der Waals surface area contributed by atoms with Gasteiger partial charge in [0.25, 0.3) is 0 Å². The van der Waals surface area contributed by atoms with E-state index in [0.717, 1.165) is 0 Å². The second-order valence-electron chi connectivity index (χ2n) is 4.07. The zero-order chi connectivity index (χ0) is 14.5. The van der Waals surface area contributed by atoms with Gasteiger partial charge in [0.1, 0.15) is 18.0 Å². The summed E-state index contributed by atoms with van der Waals surface area (Å²) in [6.45, 7) is 1.75. The maximum absolute atomic E-state index is 13.5. The van der Waals surface area contributed by atoms with Gasteiger partial charge in [0.15, 0.2) is 0 Å². The third kappa shape index (κ3) is 3.42. The smallest absolute Gasteiger partial charge is 0.244 e. The Balaban J connectivity index is 2.03. The summed E-state index contributed by atoms with van der Waals surface area (Å²) in [6, 6.07) is 4.01. The van der Waals surface area contributed by atoms with Crippen LogP contribution < -0.4 is 5.32 Å². The normalized spacial score (nSPS) is 12.6. The van der Waals surface area contributed by atoms with Crippen LogP contribution in [0, 0.1) is 5.82 Å². The van der Waals surface area contributed by atoms with Crippen molar-refractivity contribution in [3.05, 3.63) is 52.8 Å². The summed E-state index contributed by atoms with van der Waals surface area (Å²) in [5, 5.41) is 9.26. The minimum atomic E-state index is -0.482. The second kappa shape index (κ2) is 6.29. The number of hydrogen-bond donors (Lipinski definition) is 2. The van der Waals surface area contributed by atoms with Gasteiger partial charge in [-0.3, -0.25) is 9.89 Å². The van der Waals surface area contributed by atoms with Crippen LogP contribution >= 0.6 is 11.6 Å². The van der Waals surface area contributed by atoms with E-state index in [4.69, 9.17) is 11.6 Å². The molecule has 5 nitrogen and oxygen atoms in total. The lowest BCUT2D eigenvalue weighted by Gasteiger charge is -2.08. The average Bonchev–Trinajstić information content (AvgIpc) is 2.92. The van der Waals surface area contributed by atoms with Crippen molar-refractivity contribution in [3.63, 3.8) is 0 Å². The molecule has 1 heterocycles. The Kier molecular flexibility index (Phi) is 4.47. The maximum Gasteiger partial charge on any atom is 0.244 e. The molecule has 0 spiro atoms. The molecule has 1 unspecified atom stereocenters. The Labute approximate surface area is 119 Å². The molecule has 20 heavy (non-hydrogen) atoms. The number of aromatic amines is 1. The highest BCUT2D eigenvalue weighted by molar-refractivity contribution is 6.32. The topological polar surface area (TPSA) is 70.7 Å². The molecule has 0 aliphatic heterocycles. The van der Waals surface area contributed by atoms with Gasteiger partial charge in [-0.2, -0.15) is 5.10 Å². The first-order valence-corrected chi connectivity index (χ1v) is 6.23. The molecule has 104 valence electrons. The summed E-state index contributed by atoms with van der Waals surface area (Å²) in [5.41, 5.74) is 0.177. The van der Waals surface area contributed by atoms with Gasteiger partial charge >= 0.3 is 0 Å². The molecule has 0 aliphatic carbocycles. The Hall–Kier alpha value is -2.21. The number of benzene rings is 1. The highest BCUT2D eigenvalue weighted by Crippen LogP contribution is 2.20. The lowest BCUT2D eigenvalue weighted by atomic mass is 10.2. The fourth-order valence-corrected chi connectivity index (χ4v) is 1.81. The molecule has 1 amide bonds. The second-order valence-corrected chi connectivity index (χ2v) is 4.48. The van der Waals surface area contributed by atoms with E-state index in [9.17, 15) is 9.18 Å². The number of aromatic nitrogens is 3. The minimum Gasteiger partial charge on any atom is -0.343 e. The van der Waals surface area contributed by atoms with Crippen molar-refractivity contribution in [3.8, 4) is 0 Å². The van der Waals surface area contributed by atoms with Gasteiger partial charge in [-0.05, 0) is 25.1 Å². The van der Waals surface area contributed by atoms with Crippen LogP contribution in [0.15, 0.2) is 30.6 Å². The minimum absolute atomic E-state index is 0.177. The number of halogens is 2. The van der Waals surface area contributed by atoms with Crippen molar-refractivity contribution < 1.29 is 9.18 Å². The van der Waals surface area contributed by atoms with Gasteiger partial charge in [0, 0.05) is 11.6 Å². The lowest BCUT2D eigenvalue weighted by Crippen LogP contribution is -2.25. The number of nitrogens with zero attached hydrogens (tertiary/aromatic N) is 2. The summed E-state index contributed by atoms with van der Waals surface area (Å²) in [7, 11) is 0. The zero-order valence-electron chi connectivity index (χ0n) is 10.6. The van der Waals surface area contributed by atoms with Crippen molar-refractivity contribution in [1.82, 2.24) is 20.5 Å². The zero-order valence-corrected chi connectivity index (χ0v) is 11.4. The molecular weight excluding hydrogens is 283 g/mol. The van der Waals surface area contributed by atoms with E-state index in [-0.39, 0.29) is 22.5 Å². The lowest BCUT2D eigenvalue weighted by molar-refractivity contribution is -0.117. The van der Waals surface area contributed by atoms with Crippen LogP contribution in [0.1, 0.15) is 24.4 Å². The Bertz CT molecular complexity index is 607. The molecule has 2 N–H and O–H groups in total. The predicted molar refractivity (Wildman–Crippen MR) is 73.4 cm³/mol. The molecule has 1 aromatic carbocycles. The molecule has 0 fully saturated rings. The first-order valence-electron chi connectivity index (χ1n) is 5.86. The molecule has 1 aromatic heterocycles. The van der Waals surface area contributed by atoms with Crippen LogP contribution in [0.2, 0.25) is 5.02 Å². The van der Waals surface area contributed by atoms with Gasteiger partial charge in [0.05, 0.1) is 11.1 Å². The third-order valence-corrected chi connectivity index (χ3v) is 2.93. The Morgan fingerprint density at radius 1 is 1.55 bits per heavy atom. The standard InChI is InChI=1S/C13H12ClFN4O/c1-8(13-16-7-17-19-13)18-12(20)6-5-9-10(14)3-2-4-11(9)15/h2-8H,1H3,(H,18,20)(H,16,17,19)/b6-5+. The van der Waals surface area contributed by atoms with Gasteiger partial charge in [-0.1, -0.05) is 17.7 Å². The number of nitrogens with one attached hydrogen (secondary N) is 2. The fourth-order valence-electron chi connectivity index (χ4n) is 1.58. The number of rotatable bonds is 4. The Morgan fingerprint density at radius 3 is 3.00 bits per heavy atom. The highest BCUT2D eigenvalue weighted by Gasteiger charge is 2.10. The van der Waals surface area contributed by atoms with E-state index in [1.807, 2.05) is 0 Å². The number of carbonyl (C=O) groups is 1. The number of amides is 1. The fraction of sp³-hybridized carbons (Fsp3) is 0.154. The summed E-state index contributed by atoms with van der Waals surface area (Å²) in [5.74, 6) is -0.325. The van der Waals surface area contributed by atoms with E-state index >= 15 is 0 Å². The van der Waals surface area contributed by atoms with Crippen molar-refractivity contribution in [2.75, 3.05) is 0 Å². The quantitative estimate of drug-likeness (QED) is 0.851. The van der Waals surface area contributed by atoms with E-state index in [0.29, 0.717) is 5.82 Å². The summed E-state index contributed by atoms with van der Waals surface area (Å²) in [6.07, 6.45) is 3.91. The van der Waals surface area contributed by atoms with Crippen molar-refractivity contribution in [2.24, 2.45) is 0 Å². The maximum atomic E-state index is 13.5. The molecule has 0 bridgehead atoms. The van der Waals surface area contributed by atoms with Crippen molar-refractivity contribution >= 4 is 23.6 Å². The molecule has 1 atom stereocenters. The van der Waals surface area contributed by atoms with Crippen LogP contribution in [-0.4, -0.2) is 21.1 Å². The summed E-state index contributed by atoms with van der Waals surface area (Å²) < 4.78 is 13.5. The van der Waals surface area contributed by atoms with Crippen LogP contribution in [0.3, 0.4) is 0 Å². The third-order valence-electron chi connectivity index (χ3n) is 2.60. The molecule has 2 aromatic rings. The molecule has 2 rings (SSSR count). The molecule has 7 heteroatoms. The molecular formula is C13H12ClFN4O. The first-order chi connectivity index (χ1) is 9.58. The molecule has 0 radical (unpaired) electrons. The van der Waals surface area contributed by atoms with Crippen LogP contribution in [-0.2, 0) is 4.79 Å². The average molecular weight is 295 g/mol. The van der Waals surface area contributed by atoms with E-state index in [2.05, 4.69) is 20.5 Å². The highest BCUT2D eigenvalue weighted by atomic mass is 35.5. The summed E-state index contributed by atoms with van der Waals surface area (Å²) >= 11 is 5.85. The first kappa shape index (κ1) is 14.2. The van der Waals surface area contributed by atoms with E-state index < -0.39 is 5.82 Å². The SMILES string of the molecule is CC(NC(=O)/C=C/c1c(F)cccc1Cl)c1ncn[nH]1. The largest absolute Gasteiger partial charge is 0.343 e. The van der Waals surface area contributed by atoms with Gasteiger partial charge < -0.3 is 5.32 Å². The number of carbonyl (C=O) groups excluding carboxylic acids is 1. The number of H-pyrrole nitrogens is 1. The van der Waals surface area contributed by atoms with E-state index in [1.165, 1.54) is 30.6 Å².